The number of aromatic nitrogens is 1. The van der Waals surface area contributed by atoms with Crippen LogP contribution in [0, 0.1) is 12.7 Å². The molecule has 27 heavy (non-hydrogen) atoms. The first kappa shape index (κ1) is 18.9. The van der Waals surface area contributed by atoms with E-state index in [2.05, 4.69) is 20.6 Å². The molecule has 0 radical (unpaired) electrons. The minimum atomic E-state index is -0.283. The number of aliphatic imine (C=N–C) groups is 1. The highest BCUT2D eigenvalue weighted by atomic mass is 19.1. The summed E-state index contributed by atoms with van der Waals surface area (Å²) in [5.41, 5.74) is 1.17. The van der Waals surface area contributed by atoms with E-state index in [1.165, 1.54) is 11.6 Å². The number of hydrogen-bond donors (Lipinski definition) is 2. The number of aryl methyl sites for hydroxylation is 1. The number of nitrogens with zero attached hydrogens (tertiary/aromatic N) is 3. The van der Waals surface area contributed by atoms with Crippen molar-refractivity contribution in [3.05, 3.63) is 54.0 Å². The average Bonchev–Trinajstić information content (AvgIpc) is 3.13. The Balaban J connectivity index is 1.42. The molecule has 1 aliphatic rings. The van der Waals surface area contributed by atoms with Crippen LogP contribution in [-0.2, 0) is 0 Å². The molecule has 2 N–H and O–H groups in total. The first-order chi connectivity index (χ1) is 13.2. The summed E-state index contributed by atoms with van der Waals surface area (Å²) in [5.74, 6) is 1.71. The summed E-state index contributed by atoms with van der Waals surface area (Å²) in [6.45, 7) is 4.67. The van der Waals surface area contributed by atoms with Gasteiger partial charge in [0.05, 0.1) is 6.54 Å². The van der Waals surface area contributed by atoms with Gasteiger partial charge in [-0.15, -0.1) is 0 Å². The van der Waals surface area contributed by atoms with Crippen molar-refractivity contribution in [1.29, 1.82) is 0 Å². The summed E-state index contributed by atoms with van der Waals surface area (Å²) < 4.78 is 19.6. The molecule has 0 bridgehead atoms. The minimum absolute atomic E-state index is 0.190. The summed E-state index contributed by atoms with van der Waals surface area (Å²) in [5, 5.41) is 6.64. The second-order valence-electron chi connectivity index (χ2n) is 6.55. The standard InChI is InChI=1S/C20H26FN5O/c1-15-5-3-6-17(13-15)27-12-10-24-20(22-2)25-16-8-11-26(14-16)19-18(21)7-4-9-23-19/h3-7,9,13,16H,8,10-12,14H2,1-2H3,(H2,22,24,25). The van der Waals surface area contributed by atoms with Crippen molar-refractivity contribution in [2.75, 3.05) is 38.2 Å². The third-order valence-electron chi connectivity index (χ3n) is 4.44. The van der Waals surface area contributed by atoms with Gasteiger partial charge in [-0.3, -0.25) is 4.99 Å². The first-order valence-corrected chi connectivity index (χ1v) is 9.18. The van der Waals surface area contributed by atoms with Crippen LogP contribution in [0.1, 0.15) is 12.0 Å². The van der Waals surface area contributed by atoms with Crippen molar-refractivity contribution < 1.29 is 9.13 Å². The molecule has 0 amide bonds. The molecule has 2 heterocycles. The predicted molar refractivity (Wildman–Crippen MR) is 106 cm³/mol. The number of nitrogens with one attached hydrogen (secondary N) is 2. The number of halogens is 1. The van der Waals surface area contributed by atoms with Crippen LogP contribution in [0.3, 0.4) is 0 Å². The van der Waals surface area contributed by atoms with Gasteiger partial charge in [-0.1, -0.05) is 12.1 Å². The van der Waals surface area contributed by atoms with Gasteiger partial charge in [-0.25, -0.2) is 9.37 Å². The second kappa shape index (κ2) is 9.21. The van der Waals surface area contributed by atoms with E-state index in [1.54, 1.807) is 19.3 Å². The topological polar surface area (TPSA) is 61.8 Å². The monoisotopic (exact) mass is 371 g/mol. The van der Waals surface area contributed by atoms with Crippen molar-refractivity contribution in [1.82, 2.24) is 15.6 Å². The Morgan fingerprint density at radius 2 is 2.26 bits per heavy atom. The van der Waals surface area contributed by atoms with Crippen LogP contribution in [0.25, 0.3) is 0 Å². The van der Waals surface area contributed by atoms with Gasteiger partial charge in [0.2, 0.25) is 0 Å². The van der Waals surface area contributed by atoms with Crippen LogP contribution in [0.15, 0.2) is 47.6 Å². The van der Waals surface area contributed by atoms with E-state index in [4.69, 9.17) is 4.74 Å². The molecular formula is C20H26FN5O. The number of hydrogen-bond acceptors (Lipinski definition) is 4. The molecule has 1 aromatic heterocycles. The van der Waals surface area contributed by atoms with Crippen LogP contribution in [0.2, 0.25) is 0 Å². The molecule has 1 saturated heterocycles. The molecule has 1 unspecified atom stereocenters. The Morgan fingerprint density at radius 3 is 3.04 bits per heavy atom. The number of ether oxygens (including phenoxy) is 1. The van der Waals surface area contributed by atoms with E-state index in [9.17, 15) is 4.39 Å². The van der Waals surface area contributed by atoms with Gasteiger partial charge in [0.25, 0.3) is 0 Å². The summed E-state index contributed by atoms with van der Waals surface area (Å²) in [7, 11) is 1.74. The minimum Gasteiger partial charge on any atom is -0.492 e. The Morgan fingerprint density at radius 1 is 1.37 bits per heavy atom. The van der Waals surface area contributed by atoms with Gasteiger partial charge < -0.3 is 20.3 Å². The molecule has 6 nitrogen and oxygen atoms in total. The molecular weight excluding hydrogens is 345 g/mol. The molecule has 144 valence electrons. The summed E-state index contributed by atoms with van der Waals surface area (Å²) in [6, 6.07) is 11.2. The van der Waals surface area contributed by atoms with Gasteiger partial charge in [0, 0.05) is 32.4 Å². The van der Waals surface area contributed by atoms with Gasteiger partial charge in [-0.05, 0) is 43.2 Å². The van der Waals surface area contributed by atoms with E-state index in [0.29, 0.717) is 25.5 Å². The molecule has 1 fully saturated rings. The second-order valence-corrected chi connectivity index (χ2v) is 6.55. The number of benzene rings is 1. The fourth-order valence-corrected chi connectivity index (χ4v) is 3.11. The summed E-state index contributed by atoms with van der Waals surface area (Å²) >= 11 is 0. The normalized spacial score (nSPS) is 17.1. The van der Waals surface area contributed by atoms with E-state index in [1.807, 2.05) is 36.1 Å². The van der Waals surface area contributed by atoms with Crippen molar-refractivity contribution >= 4 is 11.8 Å². The van der Waals surface area contributed by atoms with E-state index in [0.717, 1.165) is 24.7 Å². The van der Waals surface area contributed by atoms with Crippen LogP contribution in [0.4, 0.5) is 10.2 Å². The average molecular weight is 371 g/mol. The fraction of sp³-hybridized carbons (Fsp3) is 0.400. The molecule has 7 heteroatoms. The number of rotatable bonds is 6. The Hall–Kier alpha value is -2.83. The molecule has 0 saturated carbocycles. The molecule has 3 rings (SSSR count). The maximum absolute atomic E-state index is 13.9. The number of anilines is 1. The SMILES string of the molecule is CN=C(NCCOc1cccc(C)c1)NC1CCN(c2ncccc2F)C1. The Kier molecular flexibility index (Phi) is 6.46. The zero-order valence-corrected chi connectivity index (χ0v) is 15.8. The van der Waals surface area contributed by atoms with Crippen molar-refractivity contribution in [3.8, 4) is 5.75 Å². The van der Waals surface area contributed by atoms with Gasteiger partial charge in [0.15, 0.2) is 17.6 Å². The van der Waals surface area contributed by atoms with Crippen LogP contribution in [-0.4, -0.2) is 50.3 Å². The molecule has 0 aliphatic carbocycles. The summed E-state index contributed by atoms with van der Waals surface area (Å²) in [4.78, 5) is 10.4. The lowest BCUT2D eigenvalue weighted by Gasteiger charge is -2.20. The quantitative estimate of drug-likeness (QED) is 0.464. The van der Waals surface area contributed by atoms with Crippen molar-refractivity contribution in [2.24, 2.45) is 4.99 Å². The predicted octanol–water partition coefficient (Wildman–Crippen LogP) is 2.35. The van der Waals surface area contributed by atoms with Crippen molar-refractivity contribution in [2.45, 2.75) is 19.4 Å². The molecule has 1 aliphatic heterocycles. The zero-order valence-electron chi connectivity index (χ0n) is 15.8. The zero-order chi connectivity index (χ0) is 19.1. The lowest BCUT2D eigenvalue weighted by atomic mass is 10.2. The lowest BCUT2D eigenvalue weighted by Crippen LogP contribution is -2.45. The fourth-order valence-electron chi connectivity index (χ4n) is 3.11. The summed E-state index contributed by atoms with van der Waals surface area (Å²) in [6.07, 6.45) is 2.52. The van der Waals surface area contributed by atoms with Crippen LogP contribution in [0.5, 0.6) is 5.75 Å². The molecule has 1 atom stereocenters. The van der Waals surface area contributed by atoms with E-state index < -0.39 is 0 Å². The van der Waals surface area contributed by atoms with E-state index >= 15 is 0 Å². The highest BCUT2D eigenvalue weighted by molar-refractivity contribution is 5.80. The van der Waals surface area contributed by atoms with Gasteiger partial charge in [0.1, 0.15) is 12.4 Å². The van der Waals surface area contributed by atoms with E-state index in [-0.39, 0.29) is 11.9 Å². The third-order valence-corrected chi connectivity index (χ3v) is 4.44. The van der Waals surface area contributed by atoms with Crippen LogP contribution < -0.4 is 20.3 Å². The molecule has 0 spiro atoms. The largest absolute Gasteiger partial charge is 0.492 e. The highest BCUT2D eigenvalue weighted by Gasteiger charge is 2.25. The lowest BCUT2D eigenvalue weighted by molar-refractivity contribution is 0.321. The van der Waals surface area contributed by atoms with Gasteiger partial charge in [-0.2, -0.15) is 0 Å². The number of guanidine groups is 1. The van der Waals surface area contributed by atoms with Crippen LogP contribution >= 0.6 is 0 Å². The number of pyridine rings is 1. The highest BCUT2D eigenvalue weighted by Crippen LogP contribution is 2.20. The Labute approximate surface area is 159 Å². The maximum Gasteiger partial charge on any atom is 0.191 e. The van der Waals surface area contributed by atoms with Gasteiger partial charge >= 0.3 is 0 Å². The molecule has 2 aromatic rings. The maximum atomic E-state index is 13.9. The molecule has 1 aromatic carbocycles. The smallest absolute Gasteiger partial charge is 0.191 e. The van der Waals surface area contributed by atoms with Crippen molar-refractivity contribution in [3.63, 3.8) is 0 Å². The Bertz CT molecular complexity index is 782. The first-order valence-electron chi connectivity index (χ1n) is 9.18. The third kappa shape index (κ3) is 5.32.